The molecule has 19 heavy (non-hydrogen) atoms. The maximum Gasteiger partial charge on any atom is 0.289 e. The van der Waals surface area contributed by atoms with Crippen LogP contribution in [0.4, 0.5) is 5.69 Å². The molecule has 3 rings (SSSR count). The second kappa shape index (κ2) is 4.05. The molecule has 0 atom stereocenters. The van der Waals surface area contributed by atoms with E-state index in [0.717, 1.165) is 11.8 Å². The van der Waals surface area contributed by atoms with Gasteiger partial charge in [-0.2, -0.15) is 0 Å². The van der Waals surface area contributed by atoms with Gasteiger partial charge in [-0.05, 0) is 0 Å². The van der Waals surface area contributed by atoms with Gasteiger partial charge < -0.3 is 5.21 Å². The number of fused-ring (bicyclic) bond motifs is 1. The Labute approximate surface area is 106 Å². The van der Waals surface area contributed by atoms with Crippen LogP contribution in [0.3, 0.4) is 0 Å². The second-order valence-electron chi connectivity index (χ2n) is 3.92. The van der Waals surface area contributed by atoms with Crippen molar-refractivity contribution in [3.05, 3.63) is 52.7 Å². The van der Waals surface area contributed by atoms with Crippen LogP contribution in [0, 0.1) is 10.1 Å². The van der Waals surface area contributed by atoms with Crippen LogP contribution in [-0.4, -0.2) is 25.1 Å². The average Bonchev–Trinajstić information content (AvgIpc) is 2.77. The van der Waals surface area contributed by atoms with Crippen LogP contribution in [-0.2, 0) is 0 Å². The predicted molar refractivity (Wildman–Crippen MR) is 66.8 cm³/mol. The van der Waals surface area contributed by atoms with E-state index in [9.17, 15) is 15.3 Å². The molecule has 7 nitrogen and oxygen atoms in total. The molecule has 0 aliphatic rings. The van der Waals surface area contributed by atoms with Gasteiger partial charge in [0.05, 0.1) is 4.92 Å². The third kappa shape index (κ3) is 1.77. The number of rotatable bonds is 2. The molecule has 94 valence electrons. The normalized spacial score (nSPS) is 10.7. The lowest BCUT2D eigenvalue weighted by atomic mass is 10.1. The largest absolute Gasteiger partial charge is 0.411 e. The topological polar surface area (TPSA) is 94.1 Å². The van der Waals surface area contributed by atoms with Crippen LogP contribution in [0.25, 0.3) is 22.3 Å². The summed E-state index contributed by atoms with van der Waals surface area (Å²) >= 11 is 0. The summed E-state index contributed by atoms with van der Waals surface area (Å²) in [6, 6.07) is 10.4. The molecule has 0 unspecified atom stereocenters. The van der Waals surface area contributed by atoms with Gasteiger partial charge in [-0.1, -0.05) is 35.2 Å². The van der Waals surface area contributed by atoms with Crippen LogP contribution in [0.1, 0.15) is 0 Å². The number of hydrogen-bond acceptors (Lipinski definition) is 5. The summed E-state index contributed by atoms with van der Waals surface area (Å²) in [5, 5.41) is 24.3. The number of benzene rings is 1. The lowest BCUT2D eigenvalue weighted by Crippen LogP contribution is -1.93. The fourth-order valence-electron chi connectivity index (χ4n) is 1.86. The van der Waals surface area contributed by atoms with E-state index in [0.29, 0.717) is 16.1 Å². The monoisotopic (exact) mass is 256 g/mol. The van der Waals surface area contributed by atoms with Crippen molar-refractivity contribution >= 4 is 16.7 Å². The van der Waals surface area contributed by atoms with E-state index in [4.69, 9.17) is 0 Å². The van der Waals surface area contributed by atoms with Crippen molar-refractivity contribution in [1.29, 1.82) is 0 Å². The van der Waals surface area contributed by atoms with E-state index >= 15 is 0 Å². The van der Waals surface area contributed by atoms with Crippen LogP contribution >= 0.6 is 0 Å². The minimum Gasteiger partial charge on any atom is -0.411 e. The van der Waals surface area contributed by atoms with Gasteiger partial charge in [0.15, 0.2) is 0 Å². The molecule has 0 aliphatic heterocycles. The Bertz CT molecular complexity index is 767. The van der Waals surface area contributed by atoms with Crippen molar-refractivity contribution in [1.82, 2.24) is 14.9 Å². The molecule has 0 fully saturated rings. The van der Waals surface area contributed by atoms with Gasteiger partial charge in [0, 0.05) is 11.6 Å². The fraction of sp³-hybridized carbons (Fsp3) is 0. The minimum absolute atomic E-state index is 0.192. The quantitative estimate of drug-likeness (QED) is 0.431. The van der Waals surface area contributed by atoms with Gasteiger partial charge in [0.1, 0.15) is 22.9 Å². The summed E-state index contributed by atoms with van der Waals surface area (Å²) in [5.41, 5.74) is 1.68. The maximum atomic E-state index is 10.7. The minimum atomic E-state index is -0.568. The summed E-state index contributed by atoms with van der Waals surface area (Å²) in [5.74, 6) is 0. The first-order chi connectivity index (χ1) is 9.16. The average molecular weight is 256 g/mol. The molecule has 0 saturated carbocycles. The van der Waals surface area contributed by atoms with E-state index in [1.54, 1.807) is 0 Å². The predicted octanol–water partition coefficient (Wildman–Crippen LogP) is 2.24. The number of pyridine rings is 1. The van der Waals surface area contributed by atoms with Gasteiger partial charge >= 0.3 is 0 Å². The summed E-state index contributed by atoms with van der Waals surface area (Å²) in [4.78, 5) is 14.7. The van der Waals surface area contributed by atoms with Crippen molar-refractivity contribution in [2.24, 2.45) is 0 Å². The number of nitrogens with zero attached hydrogens (tertiary/aromatic N) is 4. The lowest BCUT2D eigenvalue weighted by molar-refractivity contribution is -0.385. The zero-order chi connectivity index (χ0) is 13.4. The summed E-state index contributed by atoms with van der Waals surface area (Å²) in [7, 11) is 0. The first-order valence-electron chi connectivity index (χ1n) is 5.44. The Balaban J connectivity index is 2.26. The van der Waals surface area contributed by atoms with Crippen LogP contribution in [0.15, 0.2) is 42.6 Å². The molecule has 7 heteroatoms. The van der Waals surface area contributed by atoms with E-state index < -0.39 is 4.92 Å². The molecule has 0 aliphatic carbocycles. The molecule has 1 N–H and O–H groups in total. The molecule has 2 heterocycles. The van der Waals surface area contributed by atoms with Crippen molar-refractivity contribution in [2.45, 2.75) is 0 Å². The highest BCUT2D eigenvalue weighted by Gasteiger charge is 2.17. The SMILES string of the molecule is O=[N+]([O-])c1cnc2c(-c3ccccc3)nn(O)c2c1. The highest BCUT2D eigenvalue weighted by Crippen LogP contribution is 2.27. The zero-order valence-corrected chi connectivity index (χ0v) is 9.59. The molecule has 0 saturated heterocycles. The van der Waals surface area contributed by atoms with E-state index in [1.165, 1.54) is 6.07 Å². The van der Waals surface area contributed by atoms with Crippen molar-refractivity contribution in [3.8, 4) is 11.3 Å². The standard InChI is InChI=1S/C12H8N4O3/c17-15-10-6-9(16(18)19)7-13-12(10)11(14-15)8-4-2-1-3-5-8/h1-7,17H. The van der Waals surface area contributed by atoms with Gasteiger partial charge in [0.25, 0.3) is 5.69 Å². The Kier molecular flexibility index (Phi) is 2.38. The third-order valence-electron chi connectivity index (χ3n) is 2.75. The van der Waals surface area contributed by atoms with Gasteiger partial charge in [0.2, 0.25) is 0 Å². The Hall–Kier alpha value is -2.96. The highest BCUT2D eigenvalue weighted by atomic mass is 16.6. The van der Waals surface area contributed by atoms with E-state index in [1.807, 2.05) is 30.3 Å². The third-order valence-corrected chi connectivity index (χ3v) is 2.75. The molecule has 0 amide bonds. The molecule has 0 radical (unpaired) electrons. The number of nitro groups is 1. The molecular formula is C12H8N4O3. The van der Waals surface area contributed by atoms with Crippen molar-refractivity contribution < 1.29 is 10.1 Å². The van der Waals surface area contributed by atoms with Crippen molar-refractivity contribution in [3.63, 3.8) is 0 Å². The highest BCUT2D eigenvalue weighted by molar-refractivity contribution is 5.90. The zero-order valence-electron chi connectivity index (χ0n) is 9.59. The van der Waals surface area contributed by atoms with Gasteiger partial charge in [-0.3, -0.25) is 10.1 Å². The van der Waals surface area contributed by atoms with E-state index in [-0.39, 0.29) is 11.2 Å². The maximum absolute atomic E-state index is 10.7. The van der Waals surface area contributed by atoms with Crippen molar-refractivity contribution in [2.75, 3.05) is 0 Å². The summed E-state index contributed by atoms with van der Waals surface area (Å²) in [6.45, 7) is 0. The lowest BCUT2D eigenvalue weighted by Gasteiger charge is -1.95. The Morgan fingerprint density at radius 3 is 2.68 bits per heavy atom. The number of hydrogen-bond donors (Lipinski definition) is 1. The Morgan fingerprint density at radius 1 is 1.26 bits per heavy atom. The van der Waals surface area contributed by atoms with Crippen LogP contribution in [0.2, 0.25) is 0 Å². The number of aromatic nitrogens is 3. The molecular weight excluding hydrogens is 248 g/mol. The summed E-state index contributed by atoms with van der Waals surface area (Å²) in [6.07, 6.45) is 1.15. The first-order valence-corrected chi connectivity index (χ1v) is 5.44. The second-order valence-corrected chi connectivity index (χ2v) is 3.92. The molecule has 2 aromatic heterocycles. The molecule has 0 bridgehead atoms. The fourth-order valence-corrected chi connectivity index (χ4v) is 1.86. The van der Waals surface area contributed by atoms with Gasteiger partial charge in [-0.25, -0.2) is 4.98 Å². The summed E-state index contributed by atoms with van der Waals surface area (Å²) < 4.78 is 0. The van der Waals surface area contributed by atoms with Gasteiger partial charge in [-0.15, -0.1) is 5.10 Å². The Morgan fingerprint density at radius 2 is 2.00 bits per heavy atom. The molecule has 3 aromatic rings. The van der Waals surface area contributed by atoms with Crippen LogP contribution < -0.4 is 0 Å². The molecule has 0 spiro atoms. The van der Waals surface area contributed by atoms with E-state index in [2.05, 4.69) is 10.1 Å². The van der Waals surface area contributed by atoms with Crippen LogP contribution in [0.5, 0.6) is 0 Å². The smallest absolute Gasteiger partial charge is 0.289 e. The molecule has 1 aromatic carbocycles. The first kappa shape index (κ1) is 11.1.